The number of halogens is 1. The monoisotopic (exact) mass is 238 g/mol. The second kappa shape index (κ2) is 3.88. The number of carbonyl (C=O) groups excluding carboxylic acids is 1. The number of hydrogen-bond donors (Lipinski definition) is 0. The summed E-state index contributed by atoms with van der Waals surface area (Å²) in [6.07, 6.45) is 6.03. The molecule has 1 aromatic rings. The minimum Gasteiger partial charge on any atom is -0.318 e. The molecule has 86 valence electrons. The molecule has 0 aromatic carbocycles. The summed E-state index contributed by atoms with van der Waals surface area (Å²) in [5.74, 6) is 1.69. The van der Waals surface area contributed by atoms with Gasteiger partial charge in [-0.3, -0.25) is 4.79 Å². The van der Waals surface area contributed by atoms with Crippen molar-refractivity contribution in [2.75, 3.05) is 0 Å². The number of Topliss-reactive ketones (excluding diaryl/α,β-unsaturated/α-hetero) is 1. The molecule has 2 heterocycles. The van der Waals surface area contributed by atoms with E-state index >= 15 is 0 Å². The second-order valence-corrected chi connectivity index (χ2v) is 5.16. The van der Waals surface area contributed by atoms with Gasteiger partial charge in [-0.25, -0.2) is 4.98 Å². The highest BCUT2D eigenvalue weighted by Crippen LogP contribution is 2.38. The lowest BCUT2D eigenvalue weighted by molar-refractivity contribution is -0.119. The number of rotatable bonds is 1. The lowest BCUT2D eigenvalue weighted by Gasteiger charge is -2.13. The van der Waals surface area contributed by atoms with Gasteiger partial charge >= 0.3 is 0 Å². The van der Waals surface area contributed by atoms with E-state index < -0.39 is 0 Å². The van der Waals surface area contributed by atoms with Crippen LogP contribution in [0.25, 0.3) is 0 Å². The molecule has 16 heavy (non-hydrogen) atoms. The third kappa shape index (κ3) is 1.58. The molecule has 0 N–H and O–H groups in total. The molecule has 1 aliphatic carbocycles. The van der Waals surface area contributed by atoms with Crippen LogP contribution in [0, 0.1) is 0 Å². The van der Waals surface area contributed by atoms with Crippen molar-refractivity contribution >= 4 is 17.4 Å². The molecule has 0 radical (unpaired) electrons. The van der Waals surface area contributed by atoms with Crippen LogP contribution in [0.5, 0.6) is 0 Å². The average Bonchev–Trinajstić information content (AvgIpc) is 2.86. The molecular weight excluding hydrogens is 224 g/mol. The van der Waals surface area contributed by atoms with Crippen molar-refractivity contribution < 1.29 is 4.79 Å². The van der Waals surface area contributed by atoms with Crippen LogP contribution in [0.4, 0.5) is 0 Å². The first-order valence-corrected chi connectivity index (χ1v) is 6.40. The highest BCUT2D eigenvalue weighted by Gasteiger charge is 2.28. The molecule has 4 heteroatoms. The van der Waals surface area contributed by atoms with Gasteiger partial charge in [0.25, 0.3) is 0 Å². The van der Waals surface area contributed by atoms with E-state index in [4.69, 9.17) is 11.6 Å². The molecule has 0 bridgehead atoms. The second-order valence-electron chi connectivity index (χ2n) is 4.80. The smallest absolute Gasteiger partial charge is 0.142 e. The molecule has 1 aliphatic heterocycles. The molecule has 3 nitrogen and oxygen atoms in total. The Morgan fingerprint density at radius 3 is 2.81 bits per heavy atom. The van der Waals surface area contributed by atoms with Crippen molar-refractivity contribution in [2.24, 2.45) is 0 Å². The molecule has 1 saturated carbocycles. The van der Waals surface area contributed by atoms with Gasteiger partial charge in [0, 0.05) is 18.9 Å². The van der Waals surface area contributed by atoms with Crippen molar-refractivity contribution in [2.45, 2.75) is 51.0 Å². The van der Waals surface area contributed by atoms with E-state index in [1.165, 1.54) is 25.7 Å². The van der Waals surface area contributed by atoms with Gasteiger partial charge in [0.15, 0.2) is 0 Å². The third-order valence-corrected chi connectivity index (χ3v) is 4.12. The van der Waals surface area contributed by atoms with E-state index in [1.807, 2.05) is 4.57 Å². The normalized spacial score (nSPS) is 21.4. The fraction of sp³-hybridized carbons (Fsp3) is 0.667. The Bertz CT molecular complexity index is 432. The summed E-state index contributed by atoms with van der Waals surface area (Å²) in [7, 11) is 0. The summed E-state index contributed by atoms with van der Waals surface area (Å²) in [6.45, 7) is 0.715. The number of ketones is 1. The Morgan fingerprint density at radius 2 is 2.06 bits per heavy atom. The molecule has 0 unspecified atom stereocenters. The fourth-order valence-corrected chi connectivity index (χ4v) is 3.20. The zero-order valence-corrected chi connectivity index (χ0v) is 9.96. The molecule has 0 saturated heterocycles. The van der Waals surface area contributed by atoms with Crippen LogP contribution in [0.3, 0.4) is 0 Å². The Kier molecular flexibility index (Phi) is 2.51. The molecule has 0 atom stereocenters. The number of carbonyl (C=O) groups is 1. The predicted molar refractivity (Wildman–Crippen MR) is 61.8 cm³/mol. The van der Waals surface area contributed by atoms with Gasteiger partial charge in [-0.05, 0) is 12.8 Å². The highest BCUT2D eigenvalue weighted by molar-refractivity contribution is 6.30. The van der Waals surface area contributed by atoms with Gasteiger partial charge < -0.3 is 4.57 Å². The summed E-state index contributed by atoms with van der Waals surface area (Å²) < 4.78 is 2.02. The summed E-state index contributed by atoms with van der Waals surface area (Å²) in [5, 5.41) is 0.786. The van der Waals surface area contributed by atoms with Crippen molar-refractivity contribution in [1.82, 2.24) is 9.55 Å². The molecule has 0 spiro atoms. The van der Waals surface area contributed by atoms with Crippen molar-refractivity contribution in [3.05, 3.63) is 16.7 Å². The summed E-state index contributed by atoms with van der Waals surface area (Å²) in [5.41, 5.74) is 1.05. The molecule has 2 aliphatic rings. The van der Waals surface area contributed by atoms with E-state index in [-0.39, 0.29) is 5.78 Å². The van der Waals surface area contributed by atoms with Gasteiger partial charge in [-0.15, -0.1) is 0 Å². The molecule has 1 aromatic heterocycles. The summed E-state index contributed by atoms with van der Waals surface area (Å²) >= 11 is 6.36. The van der Waals surface area contributed by atoms with Crippen molar-refractivity contribution in [1.29, 1.82) is 0 Å². The summed E-state index contributed by atoms with van der Waals surface area (Å²) in [6, 6.07) is 0. The fourth-order valence-electron chi connectivity index (χ4n) is 2.82. The minimum absolute atomic E-state index is 0.284. The lowest BCUT2D eigenvalue weighted by Crippen LogP contribution is -2.18. The number of hydrogen-bond acceptors (Lipinski definition) is 2. The lowest BCUT2D eigenvalue weighted by atomic mass is 10.1. The first kappa shape index (κ1) is 10.3. The topological polar surface area (TPSA) is 34.9 Å². The maximum Gasteiger partial charge on any atom is 0.142 e. The van der Waals surface area contributed by atoms with E-state index in [0.29, 0.717) is 25.3 Å². The highest BCUT2D eigenvalue weighted by atomic mass is 35.5. The van der Waals surface area contributed by atoms with Crippen molar-refractivity contribution in [3.8, 4) is 0 Å². The molecular formula is C12H15ClN2O. The van der Waals surface area contributed by atoms with Crippen LogP contribution < -0.4 is 0 Å². The first-order valence-electron chi connectivity index (χ1n) is 6.02. The van der Waals surface area contributed by atoms with Crippen LogP contribution in [0.1, 0.15) is 49.5 Å². The van der Waals surface area contributed by atoms with Gasteiger partial charge in [0.2, 0.25) is 0 Å². The molecule has 1 fully saturated rings. The van der Waals surface area contributed by atoms with Crippen LogP contribution in [-0.4, -0.2) is 15.3 Å². The van der Waals surface area contributed by atoms with Gasteiger partial charge in [-0.2, -0.15) is 0 Å². The van der Waals surface area contributed by atoms with E-state index in [1.54, 1.807) is 0 Å². The Hall–Kier alpha value is -0.830. The largest absolute Gasteiger partial charge is 0.318 e. The Labute approximate surface area is 99.8 Å². The minimum atomic E-state index is 0.284. The third-order valence-electron chi connectivity index (χ3n) is 3.72. The van der Waals surface area contributed by atoms with Crippen molar-refractivity contribution in [3.63, 3.8) is 0 Å². The summed E-state index contributed by atoms with van der Waals surface area (Å²) in [4.78, 5) is 16.0. The number of nitrogens with zero attached hydrogens (tertiary/aromatic N) is 2. The number of aromatic nitrogens is 2. The van der Waals surface area contributed by atoms with Gasteiger partial charge in [-0.1, -0.05) is 24.4 Å². The van der Waals surface area contributed by atoms with Gasteiger partial charge in [0.1, 0.15) is 16.8 Å². The SMILES string of the molecule is O=C1CCn2c(nc(C3CCCC3)c2Cl)C1. The standard InChI is InChI=1S/C12H15ClN2O/c13-12-11(8-3-1-2-4-8)14-10-7-9(16)5-6-15(10)12/h8H,1-7H2. The predicted octanol–water partition coefficient (Wildman–Crippen LogP) is 2.71. The van der Waals surface area contributed by atoms with Crippen LogP contribution in [0.2, 0.25) is 5.15 Å². The van der Waals surface area contributed by atoms with Gasteiger partial charge in [0.05, 0.1) is 12.1 Å². The van der Waals surface area contributed by atoms with E-state index in [0.717, 1.165) is 16.7 Å². The number of fused-ring (bicyclic) bond motifs is 1. The zero-order chi connectivity index (χ0) is 11.1. The average molecular weight is 239 g/mol. The quantitative estimate of drug-likeness (QED) is 0.754. The maximum atomic E-state index is 11.4. The Balaban J connectivity index is 1.97. The maximum absolute atomic E-state index is 11.4. The molecule has 0 amide bonds. The first-order chi connectivity index (χ1) is 7.75. The number of imidazole rings is 1. The molecule has 3 rings (SSSR count). The van der Waals surface area contributed by atoms with Crippen LogP contribution in [-0.2, 0) is 17.8 Å². The van der Waals surface area contributed by atoms with E-state index in [9.17, 15) is 4.79 Å². The van der Waals surface area contributed by atoms with E-state index in [2.05, 4.69) is 4.98 Å². The zero-order valence-electron chi connectivity index (χ0n) is 9.21. The van der Waals surface area contributed by atoms with Crippen LogP contribution in [0.15, 0.2) is 0 Å². The Morgan fingerprint density at radius 1 is 1.31 bits per heavy atom. The van der Waals surface area contributed by atoms with Crippen LogP contribution >= 0.6 is 11.6 Å².